The highest BCUT2D eigenvalue weighted by molar-refractivity contribution is 6.32. The van der Waals surface area contributed by atoms with Gasteiger partial charge in [0.2, 0.25) is 11.8 Å². The third-order valence-electron chi connectivity index (χ3n) is 3.66. The smallest absolute Gasteiger partial charge is 0.247 e. The van der Waals surface area contributed by atoms with Crippen LogP contribution in [0.5, 0.6) is 5.75 Å². The molecule has 3 rings (SSSR count). The Labute approximate surface area is 144 Å². The molecule has 0 radical (unpaired) electrons. The molecule has 7 heteroatoms. The largest absolute Gasteiger partial charge is 0.495 e. The first-order valence-electron chi connectivity index (χ1n) is 7.36. The monoisotopic (exact) mass is 345 g/mol. The molecule has 0 fully saturated rings. The normalized spacial score (nSPS) is 15.8. The van der Waals surface area contributed by atoms with E-state index in [-0.39, 0.29) is 18.2 Å². The van der Waals surface area contributed by atoms with Crippen LogP contribution in [-0.4, -0.2) is 25.0 Å². The van der Waals surface area contributed by atoms with Gasteiger partial charge in [0.25, 0.3) is 0 Å². The standard InChI is InChI=1S/C17H16ClN3O3/c1-24-15-7-6-10(8-11(15)18)19-16(22)9-14-17(23)21-13-5-3-2-4-12(13)20-14/h2-8,14,20H,9H2,1H3,(H,19,22)(H,21,23). The zero-order valence-electron chi connectivity index (χ0n) is 12.9. The highest BCUT2D eigenvalue weighted by atomic mass is 35.5. The molecule has 3 N–H and O–H groups in total. The summed E-state index contributed by atoms with van der Waals surface area (Å²) in [7, 11) is 1.52. The van der Waals surface area contributed by atoms with Crippen molar-refractivity contribution in [3.8, 4) is 5.75 Å². The van der Waals surface area contributed by atoms with Gasteiger partial charge in [-0.15, -0.1) is 0 Å². The number of hydrogen-bond donors (Lipinski definition) is 3. The lowest BCUT2D eigenvalue weighted by molar-refractivity contribution is -0.122. The predicted molar refractivity (Wildman–Crippen MR) is 93.7 cm³/mol. The summed E-state index contributed by atoms with van der Waals surface area (Å²) < 4.78 is 5.07. The molecule has 1 aliphatic rings. The summed E-state index contributed by atoms with van der Waals surface area (Å²) in [6.07, 6.45) is 0.00379. The Morgan fingerprint density at radius 3 is 2.71 bits per heavy atom. The molecule has 0 aromatic heterocycles. The van der Waals surface area contributed by atoms with Crippen LogP contribution < -0.4 is 20.7 Å². The topological polar surface area (TPSA) is 79.5 Å². The van der Waals surface area contributed by atoms with E-state index in [1.807, 2.05) is 18.2 Å². The first-order chi connectivity index (χ1) is 11.6. The summed E-state index contributed by atoms with van der Waals surface area (Å²) in [4.78, 5) is 24.3. The summed E-state index contributed by atoms with van der Waals surface area (Å²) in [6, 6.07) is 11.7. The Bertz CT molecular complexity index is 794. The molecule has 1 atom stereocenters. The molecule has 0 spiro atoms. The van der Waals surface area contributed by atoms with E-state index in [1.165, 1.54) is 7.11 Å². The molecule has 0 saturated heterocycles. The number of carbonyl (C=O) groups is 2. The van der Waals surface area contributed by atoms with Crippen molar-refractivity contribution in [1.82, 2.24) is 0 Å². The van der Waals surface area contributed by atoms with Gasteiger partial charge in [0.05, 0.1) is 29.9 Å². The van der Waals surface area contributed by atoms with E-state index in [2.05, 4.69) is 16.0 Å². The zero-order chi connectivity index (χ0) is 17.1. The van der Waals surface area contributed by atoms with E-state index >= 15 is 0 Å². The van der Waals surface area contributed by atoms with Gasteiger partial charge in [-0.2, -0.15) is 0 Å². The molecule has 1 aliphatic heterocycles. The third-order valence-corrected chi connectivity index (χ3v) is 3.95. The van der Waals surface area contributed by atoms with Gasteiger partial charge in [-0.25, -0.2) is 0 Å². The minimum atomic E-state index is -0.631. The number of carbonyl (C=O) groups excluding carboxylic acids is 2. The molecule has 1 unspecified atom stereocenters. The molecule has 2 aromatic rings. The summed E-state index contributed by atoms with van der Waals surface area (Å²) >= 11 is 6.03. The van der Waals surface area contributed by atoms with E-state index < -0.39 is 6.04 Å². The number of anilines is 3. The van der Waals surface area contributed by atoms with Gasteiger partial charge in [-0.1, -0.05) is 23.7 Å². The van der Waals surface area contributed by atoms with Crippen LogP contribution in [0.3, 0.4) is 0 Å². The number of halogens is 1. The van der Waals surface area contributed by atoms with E-state index in [0.717, 1.165) is 5.69 Å². The second-order valence-corrected chi connectivity index (χ2v) is 5.74. The first kappa shape index (κ1) is 16.1. The molecular weight excluding hydrogens is 330 g/mol. The van der Waals surface area contributed by atoms with Crippen LogP contribution in [0.15, 0.2) is 42.5 Å². The van der Waals surface area contributed by atoms with Crippen LogP contribution in [0.4, 0.5) is 17.1 Å². The van der Waals surface area contributed by atoms with Crippen molar-refractivity contribution < 1.29 is 14.3 Å². The molecule has 6 nitrogen and oxygen atoms in total. The Kier molecular flexibility index (Phi) is 4.57. The van der Waals surface area contributed by atoms with E-state index in [9.17, 15) is 9.59 Å². The number of nitrogens with one attached hydrogen (secondary N) is 3. The Morgan fingerprint density at radius 2 is 2.00 bits per heavy atom. The number of fused-ring (bicyclic) bond motifs is 1. The molecule has 0 bridgehead atoms. The minimum absolute atomic E-state index is 0.00379. The lowest BCUT2D eigenvalue weighted by Crippen LogP contribution is -2.41. The van der Waals surface area contributed by atoms with Crippen LogP contribution in [0, 0.1) is 0 Å². The summed E-state index contributed by atoms with van der Waals surface area (Å²) in [5.41, 5.74) is 2.05. The third kappa shape index (κ3) is 3.44. The van der Waals surface area contributed by atoms with Crippen molar-refractivity contribution in [2.24, 2.45) is 0 Å². The summed E-state index contributed by atoms with van der Waals surface area (Å²) in [6.45, 7) is 0. The molecule has 0 saturated carbocycles. The molecular formula is C17H16ClN3O3. The Balaban J connectivity index is 1.65. The van der Waals surface area contributed by atoms with Crippen molar-refractivity contribution >= 4 is 40.5 Å². The second-order valence-electron chi connectivity index (χ2n) is 5.33. The van der Waals surface area contributed by atoms with Gasteiger partial charge in [-0.3, -0.25) is 9.59 Å². The number of ether oxygens (including phenoxy) is 1. The quantitative estimate of drug-likeness (QED) is 0.795. The van der Waals surface area contributed by atoms with Crippen molar-refractivity contribution in [1.29, 1.82) is 0 Å². The number of para-hydroxylation sites is 2. The fraction of sp³-hybridized carbons (Fsp3) is 0.176. The maximum atomic E-state index is 12.2. The number of methoxy groups -OCH3 is 1. The predicted octanol–water partition coefficient (Wildman–Crippen LogP) is 3.11. The van der Waals surface area contributed by atoms with Crippen molar-refractivity contribution in [3.05, 3.63) is 47.5 Å². The summed E-state index contributed by atoms with van der Waals surface area (Å²) in [5, 5.41) is 8.99. The number of rotatable bonds is 4. The van der Waals surface area contributed by atoms with Gasteiger partial charge in [0.1, 0.15) is 11.8 Å². The second kappa shape index (κ2) is 6.80. The van der Waals surface area contributed by atoms with Crippen LogP contribution in [-0.2, 0) is 9.59 Å². The van der Waals surface area contributed by atoms with Crippen molar-refractivity contribution in [3.63, 3.8) is 0 Å². The molecule has 0 aliphatic carbocycles. The van der Waals surface area contributed by atoms with Crippen molar-refractivity contribution in [2.75, 3.05) is 23.1 Å². The Hall–Kier alpha value is -2.73. The zero-order valence-corrected chi connectivity index (χ0v) is 13.7. The lowest BCUT2D eigenvalue weighted by atomic mass is 10.1. The van der Waals surface area contributed by atoms with Gasteiger partial charge in [-0.05, 0) is 30.3 Å². The van der Waals surface area contributed by atoms with Gasteiger partial charge >= 0.3 is 0 Å². The van der Waals surface area contributed by atoms with Crippen LogP contribution in [0.1, 0.15) is 6.42 Å². The molecule has 24 heavy (non-hydrogen) atoms. The fourth-order valence-electron chi connectivity index (χ4n) is 2.48. The average molecular weight is 346 g/mol. The maximum Gasteiger partial charge on any atom is 0.247 e. The average Bonchev–Trinajstić information content (AvgIpc) is 2.55. The van der Waals surface area contributed by atoms with Crippen LogP contribution in [0.25, 0.3) is 0 Å². The summed E-state index contributed by atoms with van der Waals surface area (Å²) in [5.74, 6) is -0.000486. The molecule has 1 heterocycles. The van der Waals surface area contributed by atoms with Gasteiger partial charge in [0, 0.05) is 5.69 Å². The number of hydrogen-bond acceptors (Lipinski definition) is 4. The molecule has 2 aromatic carbocycles. The SMILES string of the molecule is COc1ccc(NC(=O)CC2Nc3ccccc3NC2=O)cc1Cl. The maximum absolute atomic E-state index is 12.2. The fourth-order valence-corrected chi connectivity index (χ4v) is 2.73. The van der Waals surface area contributed by atoms with Crippen molar-refractivity contribution in [2.45, 2.75) is 12.5 Å². The van der Waals surface area contributed by atoms with Crippen LogP contribution in [0.2, 0.25) is 5.02 Å². The first-order valence-corrected chi connectivity index (χ1v) is 7.74. The number of amides is 2. The van der Waals surface area contributed by atoms with Gasteiger partial charge in [0.15, 0.2) is 0 Å². The number of benzene rings is 2. The highest BCUT2D eigenvalue weighted by Crippen LogP contribution is 2.28. The van der Waals surface area contributed by atoms with E-state index in [4.69, 9.17) is 16.3 Å². The molecule has 2 amide bonds. The van der Waals surface area contributed by atoms with Gasteiger partial charge < -0.3 is 20.7 Å². The van der Waals surface area contributed by atoms with Crippen LogP contribution >= 0.6 is 11.6 Å². The lowest BCUT2D eigenvalue weighted by Gasteiger charge is -2.26. The van der Waals surface area contributed by atoms with E-state index in [1.54, 1.807) is 24.3 Å². The van der Waals surface area contributed by atoms with E-state index in [0.29, 0.717) is 22.1 Å². The Morgan fingerprint density at radius 1 is 1.25 bits per heavy atom. The minimum Gasteiger partial charge on any atom is -0.495 e. The molecule has 124 valence electrons. The highest BCUT2D eigenvalue weighted by Gasteiger charge is 2.27.